The minimum absolute atomic E-state index is 0.0382. The van der Waals surface area contributed by atoms with Crippen molar-refractivity contribution < 1.29 is 19.4 Å². The highest BCUT2D eigenvalue weighted by Gasteiger charge is 2.12. The van der Waals surface area contributed by atoms with Crippen molar-refractivity contribution in [2.45, 2.75) is 13.3 Å². The summed E-state index contributed by atoms with van der Waals surface area (Å²) in [5.41, 5.74) is 1.16. The molecule has 128 valence electrons. The van der Waals surface area contributed by atoms with Gasteiger partial charge in [0.2, 0.25) is 0 Å². The van der Waals surface area contributed by atoms with Crippen LogP contribution in [0.5, 0.6) is 11.5 Å². The standard InChI is InChI=1S/C18H22N2O4/c1-4-6-14-9-13(11-16(17(14)21)24-5-2)10-15(12-19)18(22)20-7-8-23-3/h4,9-11,21H,1,5-8H2,2-3H3,(H,20,22)/b15-10+. The molecular weight excluding hydrogens is 308 g/mol. The molecule has 0 radical (unpaired) electrons. The second-order valence-electron chi connectivity index (χ2n) is 4.87. The quantitative estimate of drug-likeness (QED) is 0.313. The van der Waals surface area contributed by atoms with E-state index >= 15 is 0 Å². The summed E-state index contributed by atoms with van der Waals surface area (Å²) in [6.07, 6.45) is 3.55. The van der Waals surface area contributed by atoms with Crippen molar-refractivity contribution in [3.8, 4) is 17.6 Å². The number of nitriles is 1. The van der Waals surface area contributed by atoms with E-state index in [-0.39, 0.29) is 11.3 Å². The highest BCUT2D eigenvalue weighted by atomic mass is 16.5. The normalized spacial score (nSPS) is 10.8. The van der Waals surface area contributed by atoms with E-state index in [1.165, 1.54) is 13.2 Å². The molecule has 0 aliphatic heterocycles. The van der Waals surface area contributed by atoms with Crippen molar-refractivity contribution >= 4 is 12.0 Å². The van der Waals surface area contributed by atoms with E-state index in [2.05, 4.69) is 11.9 Å². The fraction of sp³-hybridized carbons (Fsp3) is 0.333. The Labute approximate surface area is 142 Å². The highest BCUT2D eigenvalue weighted by Crippen LogP contribution is 2.33. The highest BCUT2D eigenvalue weighted by molar-refractivity contribution is 6.01. The van der Waals surface area contributed by atoms with E-state index in [0.29, 0.717) is 43.1 Å². The van der Waals surface area contributed by atoms with Gasteiger partial charge in [-0.3, -0.25) is 4.79 Å². The number of nitrogens with one attached hydrogen (secondary N) is 1. The van der Waals surface area contributed by atoms with E-state index in [1.807, 2.05) is 6.07 Å². The molecule has 6 heteroatoms. The summed E-state index contributed by atoms with van der Waals surface area (Å²) < 4.78 is 10.3. The maximum Gasteiger partial charge on any atom is 0.262 e. The summed E-state index contributed by atoms with van der Waals surface area (Å²) in [7, 11) is 1.53. The number of carbonyl (C=O) groups is 1. The number of benzene rings is 1. The zero-order valence-corrected chi connectivity index (χ0v) is 14.0. The molecule has 2 N–H and O–H groups in total. The molecule has 0 unspecified atom stereocenters. The molecule has 1 aromatic carbocycles. The molecule has 0 aliphatic carbocycles. The minimum Gasteiger partial charge on any atom is -0.504 e. The number of amides is 1. The maximum absolute atomic E-state index is 12.0. The maximum atomic E-state index is 12.0. The van der Waals surface area contributed by atoms with Crippen LogP contribution in [0.15, 0.2) is 30.4 Å². The van der Waals surface area contributed by atoms with Gasteiger partial charge in [0.05, 0.1) is 13.2 Å². The van der Waals surface area contributed by atoms with Gasteiger partial charge in [-0.2, -0.15) is 5.26 Å². The van der Waals surface area contributed by atoms with Gasteiger partial charge in [0.15, 0.2) is 11.5 Å². The van der Waals surface area contributed by atoms with Crippen LogP contribution in [-0.4, -0.2) is 37.9 Å². The Hall–Kier alpha value is -2.78. The van der Waals surface area contributed by atoms with Crippen molar-refractivity contribution in [3.63, 3.8) is 0 Å². The molecule has 0 saturated heterocycles. The van der Waals surface area contributed by atoms with Gasteiger partial charge in [-0.1, -0.05) is 6.08 Å². The number of nitrogens with zero attached hydrogens (tertiary/aromatic N) is 1. The smallest absolute Gasteiger partial charge is 0.262 e. The fourth-order valence-electron chi connectivity index (χ4n) is 2.03. The van der Waals surface area contributed by atoms with Gasteiger partial charge in [0.25, 0.3) is 5.91 Å². The number of phenolic OH excluding ortho intramolecular Hbond substituents is 1. The van der Waals surface area contributed by atoms with Crippen molar-refractivity contribution in [1.82, 2.24) is 5.32 Å². The summed E-state index contributed by atoms with van der Waals surface area (Å²) in [6.45, 7) is 6.52. The average Bonchev–Trinajstić information content (AvgIpc) is 2.57. The van der Waals surface area contributed by atoms with Crippen LogP contribution in [0.25, 0.3) is 6.08 Å². The SMILES string of the molecule is C=CCc1cc(/C=C(\C#N)C(=O)NCCOC)cc(OCC)c1O. The molecule has 0 bridgehead atoms. The van der Waals surface area contributed by atoms with Crippen molar-refractivity contribution in [1.29, 1.82) is 5.26 Å². The van der Waals surface area contributed by atoms with Crippen molar-refractivity contribution in [2.75, 3.05) is 26.9 Å². The number of aromatic hydroxyl groups is 1. The molecular formula is C18H22N2O4. The van der Waals surface area contributed by atoms with Gasteiger partial charge < -0.3 is 19.9 Å². The zero-order chi connectivity index (χ0) is 17.9. The first-order chi connectivity index (χ1) is 11.6. The third kappa shape index (κ3) is 5.45. The van der Waals surface area contributed by atoms with Gasteiger partial charge >= 0.3 is 0 Å². The van der Waals surface area contributed by atoms with Gasteiger partial charge in [-0.15, -0.1) is 6.58 Å². The van der Waals surface area contributed by atoms with Gasteiger partial charge in [-0.05, 0) is 37.1 Å². The van der Waals surface area contributed by atoms with E-state index in [0.717, 1.165) is 0 Å². The Morgan fingerprint density at radius 3 is 2.83 bits per heavy atom. The van der Waals surface area contributed by atoms with Crippen LogP contribution in [0.3, 0.4) is 0 Å². The Balaban J connectivity index is 3.15. The number of rotatable bonds is 9. The van der Waals surface area contributed by atoms with Crippen LogP contribution in [0.2, 0.25) is 0 Å². The third-order valence-electron chi connectivity index (χ3n) is 3.11. The molecule has 6 nitrogen and oxygen atoms in total. The molecule has 0 fully saturated rings. The summed E-state index contributed by atoms with van der Waals surface area (Å²) in [4.78, 5) is 12.0. The lowest BCUT2D eigenvalue weighted by atomic mass is 10.0. The first-order valence-corrected chi connectivity index (χ1v) is 7.55. The molecule has 0 saturated carbocycles. The van der Waals surface area contributed by atoms with E-state index in [9.17, 15) is 15.2 Å². The number of allylic oxidation sites excluding steroid dienone is 1. The number of methoxy groups -OCH3 is 1. The topological polar surface area (TPSA) is 91.6 Å². The Kier molecular flexibility index (Phi) is 8.09. The molecule has 0 heterocycles. The molecule has 0 atom stereocenters. The predicted molar refractivity (Wildman–Crippen MR) is 91.7 cm³/mol. The van der Waals surface area contributed by atoms with Crippen LogP contribution in [0.4, 0.5) is 0 Å². The monoisotopic (exact) mass is 330 g/mol. The molecule has 24 heavy (non-hydrogen) atoms. The number of phenols is 1. The summed E-state index contributed by atoms with van der Waals surface area (Å²) in [6, 6.07) is 5.16. The average molecular weight is 330 g/mol. The Morgan fingerprint density at radius 1 is 1.50 bits per heavy atom. The first-order valence-electron chi connectivity index (χ1n) is 7.55. The Bertz CT molecular complexity index is 660. The lowest BCUT2D eigenvalue weighted by molar-refractivity contribution is -0.117. The second kappa shape index (κ2) is 10.1. The number of hydrogen-bond donors (Lipinski definition) is 2. The van der Waals surface area contributed by atoms with Gasteiger partial charge in [-0.25, -0.2) is 0 Å². The van der Waals surface area contributed by atoms with E-state index in [1.54, 1.807) is 25.1 Å². The van der Waals surface area contributed by atoms with Crippen molar-refractivity contribution in [3.05, 3.63) is 41.5 Å². The fourth-order valence-corrected chi connectivity index (χ4v) is 2.03. The number of hydrogen-bond acceptors (Lipinski definition) is 5. The lowest BCUT2D eigenvalue weighted by Crippen LogP contribution is -2.27. The minimum atomic E-state index is -0.481. The van der Waals surface area contributed by atoms with E-state index in [4.69, 9.17) is 9.47 Å². The lowest BCUT2D eigenvalue weighted by Gasteiger charge is -2.11. The number of carbonyl (C=O) groups excluding carboxylic acids is 1. The van der Waals surface area contributed by atoms with Crippen LogP contribution >= 0.6 is 0 Å². The zero-order valence-electron chi connectivity index (χ0n) is 14.0. The van der Waals surface area contributed by atoms with Gasteiger partial charge in [0.1, 0.15) is 11.6 Å². The van der Waals surface area contributed by atoms with Crippen LogP contribution in [0.1, 0.15) is 18.1 Å². The second-order valence-corrected chi connectivity index (χ2v) is 4.87. The summed E-state index contributed by atoms with van der Waals surface area (Å²) >= 11 is 0. The molecule has 0 aromatic heterocycles. The van der Waals surface area contributed by atoms with Crippen molar-refractivity contribution in [2.24, 2.45) is 0 Å². The first kappa shape index (κ1) is 19.3. The molecule has 1 aromatic rings. The molecule has 1 amide bonds. The van der Waals surface area contributed by atoms with Crippen LogP contribution in [-0.2, 0) is 16.0 Å². The Morgan fingerprint density at radius 2 is 2.25 bits per heavy atom. The van der Waals surface area contributed by atoms with Gasteiger partial charge in [0, 0.05) is 19.2 Å². The number of ether oxygens (including phenoxy) is 2. The largest absolute Gasteiger partial charge is 0.504 e. The molecule has 1 rings (SSSR count). The van der Waals surface area contributed by atoms with E-state index < -0.39 is 5.91 Å². The van der Waals surface area contributed by atoms with Crippen LogP contribution in [0, 0.1) is 11.3 Å². The third-order valence-corrected chi connectivity index (χ3v) is 3.11. The summed E-state index contributed by atoms with van der Waals surface area (Å²) in [5, 5.41) is 22.0. The predicted octanol–water partition coefficient (Wildman–Crippen LogP) is 2.19. The summed E-state index contributed by atoms with van der Waals surface area (Å²) in [5.74, 6) is -0.136. The van der Waals surface area contributed by atoms with Crippen LogP contribution < -0.4 is 10.1 Å². The molecule has 0 aliphatic rings. The molecule has 0 spiro atoms.